The quantitative estimate of drug-likeness (QED) is 0.565. The summed E-state index contributed by atoms with van der Waals surface area (Å²) in [6.45, 7) is 8.62. The predicted octanol–water partition coefficient (Wildman–Crippen LogP) is 1.96. The summed E-state index contributed by atoms with van der Waals surface area (Å²) in [6, 6.07) is 0. The Hall–Kier alpha value is -0.160. The minimum Gasteiger partial charge on any atom is -0.394 e. The van der Waals surface area contributed by atoms with Crippen molar-refractivity contribution in [2.24, 2.45) is 5.92 Å². The van der Waals surface area contributed by atoms with Crippen molar-refractivity contribution in [1.82, 2.24) is 5.32 Å². The second kappa shape index (κ2) is 7.58. The Kier molecular flexibility index (Phi) is 6.74. The fraction of sp³-hybridized carbons (Fsp3) is 1.00. The summed E-state index contributed by atoms with van der Waals surface area (Å²) in [5.41, 5.74) is -0.370. The van der Waals surface area contributed by atoms with E-state index in [-0.39, 0.29) is 17.7 Å². The van der Waals surface area contributed by atoms with E-state index in [2.05, 4.69) is 26.1 Å². The van der Waals surface area contributed by atoms with E-state index in [1.54, 1.807) is 7.11 Å². The molecule has 0 heterocycles. The molecule has 0 radical (unpaired) electrons. The summed E-state index contributed by atoms with van der Waals surface area (Å²) in [4.78, 5) is 0. The number of hydrogen-bond acceptors (Lipinski definition) is 4. The van der Waals surface area contributed by atoms with Crippen LogP contribution in [0.15, 0.2) is 0 Å². The van der Waals surface area contributed by atoms with Gasteiger partial charge in [-0.2, -0.15) is 0 Å². The molecule has 1 unspecified atom stereocenters. The van der Waals surface area contributed by atoms with Crippen LogP contribution in [0.5, 0.6) is 0 Å². The van der Waals surface area contributed by atoms with Gasteiger partial charge >= 0.3 is 0 Å². The molecule has 1 fully saturated rings. The number of hydrogen-bond donors (Lipinski definition) is 2. The van der Waals surface area contributed by atoms with Gasteiger partial charge in [0, 0.05) is 13.7 Å². The first-order valence-corrected chi connectivity index (χ1v) is 7.48. The lowest BCUT2D eigenvalue weighted by Gasteiger charge is -2.34. The lowest BCUT2D eigenvalue weighted by Crippen LogP contribution is -2.54. The number of rotatable bonds is 11. The van der Waals surface area contributed by atoms with Crippen LogP contribution >= 0.6 is 0 Å². The van der Waals surface area contributed by atoms with E-state index >= 15 is 0 Å². The zero-order valence-electron chi connectivity index (χ0n) is 13.0. The molecular weight excluding hydrogens is 242 g/mol. The Morgan fingerprint density at radius 1 is 1.32 bits per heavy atom. The van der Waals surface area contributed by atoms with Crippen molar-refractivity contribution in [1.29, 1.82) is 0 Å². The van der Waals surface area contributed by atoms with E-state index in [0.29, 0.717) is 19.1 Å². The number of aliphatic hydroxyl groups is 1. The van der Waals surface area contributed by atoms with Gasteiger partial charge in [0.2, 0.25) is 0 Å². The van der Waals surface area contributed by atoms with Crippen LogP contribution in [0.25, 0.3) is 0 Å². The third kappa shape index (κ3) is 5.38. The molecule has 0 aromatic heterocycles. The smallest absolute Gasteiger partial charge is 0.0679 e. The van der Waals surface area contributed by atoms with Gasteiger partial charge in [-0.05, 0) is 52.0 Å². The first-order valence-electron chi connectivity index (χ1n) is 7.48. The van der Waals surface area contributed by atoms with Crippen molar-refractivity contribution < 1.29 is 14.6 Å². The van der Waals surface area contributed by atoms with Crippen molar-refractivity contribution in [2.45, 2.75) is 57.6 Å². The number of nitrogens with one attached hydrogen (secondary N) is 1. The molecule has 114 valence electrons. The van der Waals surface area contributed by atoms with Crippen molar-refractivity contribution in [3.8, 4) is 0 Å². The maximum atomic E-state index is 9.75. The lowest BCUT2D eigenvalue weighted by molar-refractivity contribution is -0.0279. The number of methoxy groups -OCH3 is 1. The molecule has 1 aliphatic rings. The Balaban J connectivity index is 2.36. The highest BCUT2D eigenvalue weighted by atomic mass is 16.5. The van der Waals surface area contributed by atoms with Crippen LogP contribution in [0, 0.1) is 5.92 Å². The van der Waals surface area contributed by atoms with Crippen LogP contribution in [-0.4, -0.2) is 49.7 Å². The molecule has 0 bridgehead atoms. The van der Waals surface area contributed by atoms with E-state index < -0.39 is 0 Å². The Morgan fingerprint density at radius 3 is 2.47 bits per heavy atom. The molecule has 1 atom stereocenters. The summed E-state index contributed by atoms with van der Waals surface area (Å²) in [5, 5.41) is 13.3. The molecule has 0 aliphatic heterocycles. The van der Waals surface area contributed by atoms with E-state index in [1.165, 1.54) is 12.8 Å². The minimum absolute atomic E-state index is 0.141. The topological polar surface area (TPSA) is 50.7 Å². The highest BCUT2D eigenvalue weighted by molar-refractivity contribution is 5.01. The summed E-state index contributed by atoms with van der Waals surface area (Å²) in [6.07, 6.45) is 4.34. The standard InChI is InChI=1S/C15H31NO3/c1-5-9-16-15(11-17,13-6-7-13)12-19-10-8-14(2,3)18-4/h13,16-17H,5-12H2,1-4H3. The van der Waals surface area contributed by atoms with Gasteiger partial charge in [0.1, 0.15) is 0 Å². The number of ether oxygens (including phenoxy) is 2. The lowest BCUT2D eigenvalue weighted by atomic mass is 9.95. The van der Waals surface area contributed by atoms with Gasteiger partial charge in [-0.25, -0.2) is 0 Å². The van der Waals surface area contributed by atoms with Gasteiger partial charge in [0.25, 0.3) is 0 Å². The van der Waals surface area contributed by atoms with Crippen molar-refractivity contribution >= 4 is 0 Å². The average molecular weight is 273 g/mol. The second-order valence-corrected chi connectivity index (χ2v) is 6.28. The van der Waals surface area contributed by atoms with E-state index in [1.807, 2.05) is 0 Å². The van der Waals surface area contributed by atoms with Gasteiger partial charge in [-0.3, -0.25) is 0 Å². The van der Waals surface area contributed by atoms with Crippen LogP contribution in [-0.2, 0) is 9.47 Å². The van der Waals surface area contributed by atoms with Crippen LogP contribution < -0.4 is 5.32 Å². The van der Waals surface area contributed by atoms with E-state index in [0.717, 1.165) is 19.4 Å². The summed E-state index contributed by atoms with van der Waals surface area (Å²) < 4.78 is 11.2. The summed E-state index contributed by atoms with van der Waals surface area (Å²) in [7, 11) is 1.73. The Labute approximate surface area is 117 Å². The fourth-order valence-corrected chi connectivity index (χ4v) is 2.23. The van der Waals surface area contributed by atoms with Crippen LogP contribution in [0.1, 0.15) is 46.5 Å². The van der Waals surface area contributed by atoms with Gasteiger partial charge in [-0.15, -0.1) is 0 Å². The molecule has 2 N–H and O–H groups in total. The fourth-order valence-electron chi connectivity index (χ4n) is 2.23. The van der Waals surface area contributed by atoms with Crippen LogP contribution in [0.3, 0.4) is 0 Å². The molecule has 4 nitrogen and oxygen atoms in total. The molecule has 0 spiro atoms. The highest BCUT2D eigenvalue weighted by Crippen LogP contribution is 2.39. The van der Waals surface area contributed by atoms with Crippen molar-refractivity contribution in [2.75, 3.05) is 33.5 Å². The Morgan fingerprint density at radius 2 is 2.00 bits per heavy atom. The second-order valence-electron chi connectivity index (χ2n) is 6.28. The predicted molar refractivity (Wildman–Crippen MR) is 77.4 cm³/mol. The third-order valence-electron chi connectivity index (χ3n) is 4.13. The monoisotopic (exact) mass is 273 g/mol. The maximum Gasteiger partial charge on any atom is 0.0679 e. The molecule has 1 saturated carbocycles. The maximum absolute atomic E-state index is 9.75. The molecule has 0 aromatic carbocycles. The first kappa shape index (κ1) is 16.9. The van der Waals surface area contributed by atoms with Crippen LogP contribution in [0.4, 0.5) is 0 Å². The summed E-state index contributed by atoms with van der Waals surface area (Å²) >= 11 is 0. The van der Waals surface area contributed by atoms with Crippen molar-refractivity contribution in [3.05, 3.63) is 0 Å². The zero-order chi connectivity index (χ0) is 14.4. The zero-order valence-corrected chi connectivity index (χ0v) is 13.0. The number of aliphatic hydroxyl groups excluding tert-OH is 1. The Bertz CT molecular complexity index is 254. The van der Waals surface area contributed by atoms with Crippen molar-refractivity contribution in [3.63, 3.8) is 0 Å². The minimum atomic E-state index is -0.229. The normalized spacial score (nSPS) is 19.4. The van der Waals surface area contributed by atoms with Gasteiger partial charge in [0.05, 0.1) is 24.4 Å². The highest BCUT2D eigenvalue weighted by Gasteiger charge is 2.44. The first-order chi connectivity index (χ1) is 8.99. The molecule has 0 aromatic rings. The SMILES string of the molecule is CCCNC(CO)(COCCC(C)(C)OC)C1CC1. The summed E-state index contributed by atoms with van der Waals surface area (Å²) in [5.74, 6) is 0.569. The van der Waals surface area contributed by atoms with Gasteiger partial charge in [0.15, 0.2) is 0 Å². The molecule has 19 heavy (non-hydrogen) atoms. The molecular formula is C15H31NO3. The third-order valence-corrected chi connectivity index (χ3v) is 4.13. The molecule has 1 aliphatic carbocycles. The van der Waals surface area contributed by atoms with Gasteiger partial charge < -0.3 is 19.9 Å². The van der Waals surface area contributed by atoms with E-state index in [4.69, 9.17) is 9.47 Å². The molecule has 1 rings (SSSR count). The molecule has 0 saturated heterocycles. The molecule has 4 heteroatoms. The van der Waals surface area contributed by atoms with E-state index in [9.17, 15) is 5.11 Å². The molecule has 0 amide bonds. The average Bonchev–Trinajstić information content (AvgIpc) is 3.23. The van der Waals surface area contributed by atoms with Gasteiger partial charge in [-0.1, -0.05) is 6.92 Å². The van der Waals surface area contributed by atoms with Crippen LogP contribution in [0.2, 0.25) is 0 Å². The largest absolute Gasteiger partial charge is 0.394 e.